The zero-order valence-corrected chi connectivity index (χ0v) is 25.9. The minimum absolute atomic E-state index is 0.318. The zero-order valence-electron chi connectivity index (χ0n) is 25.9. The van der Waals surface area contributed by atoms with Crippen LogP contribution < -0.4 is 0 Å². The van der Waals surface area contributed by atoms with Crippen molar-refractivity contribution in [1.82, 2.24) is 0 Å². The highest BCUT2D eigenvalue weighted by Gasteiger charge is 2.72. The molecule has 0 unspecified atom stereocenters. The summed E-state index contributed by atoms with van der Waals surface area (Å²) >= 11 is 0. The van der Waals surface area contributed by atoms with E-state index in [0.29, 0.717) is 33.4 Å². The van der Waals surface area contributed by atoms with Gasteiger partial charge in [0, 0.05) is 58.7 Å². The van der Waals surface area contributed by atoms with Gasteiger partial charge in [-0.25, -0.2) is 0 Å². The lowest BCUT2D eigenvalue weighted by Gasteiger charge is -2.42. The Labute approximate surface area is 275 Å². The summed E-state index contributed by atoms with van der Waals surface area (Å²) in [6.07, 6.45) is 0. The minimum atomic E-state index is -2.14. The first-order valence-electron chi connectivity index (χ1n) is 15.0. The normalized spacial score (nSPS) is 18.5. The number of rotatable bonds is 2. The van der Waals surface area contributed by atoms with Gasteiger partial charge in [0.1, 0.15) is 0 Å². The van der Waals surface area contributed by atoms with Gasteiger partial charge in [-0.15, -0.1) is 0 Å². The van der Waals surface area contributed by atoms with E-state index in [-0.39, 0.29) is 0 Å². The van der Waals surface area contributed by atoms with Crippen molar-refractivity contribution in [2.45, 2.75) is 17.0 Å². The lowest BCUT2D eigenvalue weighted by molar-refractivity contribution is -0.339. The molecule has 0 fully saturated rings. The topological polar surface area (TPSA) is 58.9 Å². The lowest BCUT2D eigenvalue weighted by Crippen LogP contribution is -2.61. The van der Waals surface area contributed by atoms with Crippen molar-refractivity contribution < 1.29 is 19.7 Å². The first kappa shape index (κ1) is 31.2. The molecule has 5 aromatic rings. The van der Waals surface area contributed by atoms with E-state index in [4.69, 9.17) is 9.47 Å². The molecule has 0 aliphatic heterocycles. The van der Waals surface area contributed by atoms with Crippen LogP contribution in [0.1, 0.15) is 44.5 Å². The quantitative estimate of drug-likeness (QED) is 0.191. The fourth-order valence-electron chi connectivity index (χ4n) is 5.74. The molecule has 2 N–H and O–H groups in total. The second kappa shape index (κ2) is 13.3. The molecule has 0 saturated carbocycles. The summed E-state index contributed by atoms with van der Waals surface area (Å²) in [6.45, 7) is 0. The molecule has 4 heteroatoms. The van der Waals surface area contributed by atoms with Gasteiger partial charge >= 0.3 is 0 Å². The van der Waals surface area contributed by atoms with Gasteiger partial charge in [-0.3, -0.25) is 0 Å². The van der Waals surface area contributed by atoms with Gasteiger partial charge in [0.05, 0.1) is 0 Å². The summed E-state index contributed by atoms with van der Waals surface area (Å²) in [5, 5.41) is 25.0. The standard InChI is InChI=1S/C43H30O4/c1-46-43(47-2)41(44,31-29-37-21-11-9-19-35(37)27-25-33-15-5-3-6-16-33)39-23-13-14-24-40(39)42(43,45)32-30-38-22-12-10-20-36(38)28-26-34-17-7-4-8-18-34/h3-24,44-45H,1-2H3/t41-,42+. The highest BCUT2D eigenvalue weighted by molar-refractivity contribution is 5.61. The van der Waals surface area contributed by atoms with E-state index in [9.17, 15) is 10.2 Å². The largest absolute Gasteiger partial charge is 0.369 e. The molecule has 0 bridgehead atoms. The summed E-state index contributed by atoms with van der Waals surface area (Å²) < 4.78 is 11.9. The smallest absolute Gasteiger partial charge is 0.259 e. The fraction of sp³-hybridized carbons (Fsp3) is 0.116. The Bertz CT molecular complexity index is 2020. The molecule has 0 aromatic heterocycles. The molecule has 0 spiro atoms. The molecule has 0 saturated heterocycles. The highest BCUT2D eigenvalue weighted by Crippen LogP contribution is 2.56. The molecule has 0 radical (unpaired) electrons. The van der Waals surface area contributed by atoms with Crippen molar-refractivity contribution in [3.63, 3.8) is 0 Å². The van der Waals surface area contributed by atoms with Crippen LogP contribution in [0.5, 0.6) is 0 Å². The van der Waals surface area contributed by atoms with Crippen LogP contribution in [0.25, 0.3) is 0 Å². The molecule has 1 aliphatic carbocycles. The third kappa shape index (κ3) is 5.72. The molecular formula is C43H30O4. The van der Waals surface area contributed by atoms with Gasteiger partial charge in [-0.1, -0.05) is 132 Å². The van der Waals surface area contributed by atoms with Gasteiger partial charge in [-0.05, 0) is 48.5 Å². The van der Waals surface area contributed by atoms with Crippen molar-refractivity contribution in [2.24, 2.45) is 0 Å². The summed E-state index contributed by atoms with van der Waals surface area (Å²) in [5.74, 6) is 22.8. The maximum atomic E-state index is 12.5. The number of methoxy groups -OCH3 is 2. The molecular weight excluding hydrogens is 580 g/mol. The third-order valence-electron chi connectivity index (χ3n) is 8.08. The Kier molecular flexibility index (Phi) is 8.80. The Morgan fingerprint density at radius 1 is 0.404 bits per heavy atom. The lowest BCUT2D eigenvalue weighted by atomic mass is 9.85. The second-order valence-electron chi connectivity index (χ2n) is 10.8. The molecule has 2 atom stereocenters. The van der Waals surface area contributed by atoms with Crippen molar-refractivity contribution in [3.05, 3.63) is 178 Å². The van der Waals surface area contributed by atoms with Crippen LogP contribution in [-0.4, -0.2) is 30.2 Å². The zero-order chi connectivity index (χ0) is 32.7. The molecule has 226 valence electrons. The summed E-state index contributed by atoms with van der Waals surface area (Å²) in [6, 6.07) is 41.1. The van der Waals surface area contributed by atoms with Crippen LogP contribution in [0, 0.1) is 47.4 Å². The number of benzene rings is 5. The van der Waals surface area contributed by atoms with Gasteiger partial charge in [0.2, 0.25) is 11.2 Å². The molecule has 0 heterocycles. The van der Waals surface area contributed by atoms with Crippen LogP contribution >= 0.6 is 0 Å². The van der Waals surface area contributed by atoms with Crippen molar-refractivity contribution in [3.8, 4) is 47.4 Å². The fourth-order valence-corrected chi connectivity index (χ4v) is 5.74. The monoisotopic (exact) mass is 610 g/mol. The van der Waals surface area contributed by atoms with E-state index >= 15 is 0 Å². The number of aliphatic hydroxyl groups is 2. The predicted molar refractivity (Wildman–Crippen MR) is 182 cm³/mol. The Morgan fingerprint density at radius 2 is 0.723 bits per heavy atom. The number of hydrogen-bond donors (Lipinski definition) is 2. The minimum Gasteiger partial charge on any atom is -0.369 e. The van der Waals surface area contributed by atoms with Crippen molar-refractivity contribution in [1.29, 1.82) is 0 Å². The molecule has 5 aromatic carbocycles. The maximum Gasteiger partial charge on any atom is 0.259 e. The van der Waals surface area contributed by atoms with Gasteiger partial charge in [0.25, 0.3) is 5.79 Å². The first-order valence-corrected chi connectivity index (χ1v) is 15.0. The number of hydrogen-bond acceptors (Lipinski definition) is 4. The van der Waals surface area contributed by atoms with Crippen molar-refractivity contribution in [2.75, 3.05) is 14.2 Å². The van der Waals surface area contributed by atoms with E-state index in [1.54, 1.807) is 24.3 Å². The Hall–Kier alpha value is -5.82. The molecule has 47 heavy (non-hydrogen) atoms. The van der Waals surface area contributed by atoms with E-state index in [1.165, 1.54) is 14.2 Å². The summed E-state index contributed by atoms with van der Waals surface area (Å²) in [4.78, 5) is 0. The molecule has 4 nitrogen and oxygen atoms in total. The molecule has 0 amide bonds. The molecule has 1 aliphatic rings. The van der Waals surface area contributed by atoms with E-state index in [1.807, 2.05) is 109 Å². The summed E-state index contributed by atoms with van der Waals surface area (Å²) in [7, 11) is 2.71. The molecule has 6 rings (SSSR count). The van der Waals surface area contributed by atoms with Crippen molar-refractivity contribution >= 4 is 0 Å². The number of fused-ring (bicyclic) bond motifs is 1. The third-order valence-corrected chi connectivity index (χ3v) is 8.08. The van der Waals surface area contributed by atoms with Crippen LogP contribution in [0.3, 0.4) is 0 Å². The summed E-state index contributed by atoms with van der Waals surface area (Å²) in [5.41, 5.74) is 0.652. The van der Waals surface area contributed by atoms with Gasteiger partial charge in [-0.2, -0.15) is 0 Å². The van der Waals surface area contributed by atoms with Crippen LogP contribution in [-0.2, 0) is 20.7 Å². The van der Waals surface area contributed by atoms with Crippen LogP contribution in [0.15, 0.2) is 133 Å². The SMILES string of the molecule is COC1(OC)[C@@](O)(C#Cc2ccccc2C#Cc2ccccc2)c2ccccc2[C@@]1(O)C#Cc1ccccc1C#Cc1ccccc1. The van der Waals surface area contributed by atoms with Gasteiger partial charge in [0.15, 0.2) is 0 Å². The Balaban J connectivity index is 1.46. The number of ether oxygens (including phenoxy) is 2. The maximum absolute atomic E-state index is 12.5. The first-order chi connectivity index (χ1) is 22.9. The van der Waals surface area contributed by atoms with E-state index < -0.39 is 17.0 Å². The highest BCUT2D eigenvalue weighted by atomic mass is 16.7. The second-order valence-corrected chi connectivity index (χ2v) is 10.8. The van der Waals surface area contributed by atoms with E-state index in [2.05, 4.69) is 47.4 Å². The Morgan fingerprint density at radius 3 is 1.09 bits per heavy atom. The van der Waals surface area contributed by atoms with Crippen LogP contribution in [0.4, 0.5) is 0 Å². The van der Waals surface area contributed by atoms with E-state index in [0.717, 1.165) is 11.1 Å². The predicted octanol–water partition coefficient (Wildman–Crippen LogP) is 5.97. The van der Waals surface area contributed by atoms with Gasteiger partial charge < -0.3 is 19.7 Å². The average molecular weight is 611 g/mol. The average Bonchev–Trinajstić information content (AvgIpc) is 3.29. The van der Waals surface area contributed by atoms with Crippen LogP contribution in [0.2, 0.25) is 0 Å².